The maximum absolute atomic E-state index is 2.99. The van der Waals surface area contributed by atoms with E-state index in [4.69, 9.17) is 0 Å². The first-order valence-corrected chi connectivity index (χ1v) is 13.6. The number of allylic oxidation sites excluding steroid dienone is 3. The van der Waals surface area contributed by atoms with Crippen molar-refractivity contribution in [3.8, 4) is 0 Å². The minimum atomic E-state index is 0.595. The Morgan fingerprint density at radius 1 is 0.800 bits per heavy atom. The largest absolute Gasteiger partial charge is 0.302 e. The molecule has 0 amide bonds. The molecule has 1 unspecified atom stereocenters. The number of piperidine rings is 2. The van der Waals surface area contributed by atoms with Crippen LogP contribution in [-0.4, -0.2) is 48.6 Å². The third-order valence-corrected chi connectivity index (χ3v) is 9.40. The normalized spacial score (nSPS) is 44.2. The van der Waals surface area contributed by atoms with Crippen LogP contribution in [0.2, 0.25) is 0 Å². The Balaban J connectivity index is 1.42. The minimum Gasteiger partial charge on any atom is -0.302 e. The Morgan fingerprint density at radius 3 is 2.50 bits per heavy atom. The second-order valence-electron chi connectivity index (χ2n) is 11.5. The van der Waals surface area contributed by atoms with E-state index in [1.165, 1.54) is 129 Å². The Morgan fingerprint density at radius 2 is 1.60 bits per heavy atom. The van der Waals surface area contributed by atoms with Gasteiger partial charge in [0.2, 0.25) is 0 Å². The van der Waals surface area contributed by atoms with Gasteiger partial charge in [-0.15, -0.1) is 0 Å². The lowest BCUT2D eigenvalue weighted by atomic mass is 9.54. The van der Waals surface area contributed by atoms with E-state index in [2.05, 4.69) is 28.0 Å². The Hall–Kier alpha value is -0.600. The predicted molar refractivity (Wildman–Crippen MR) is 128 cm³/mol. The fourth-order valence-electron chi connectivity index (χ4n) is 7.98. The van der Waals surface area contributed by atoms with Crippen molar-refractivity contribution in [1.29, 1.82) is 0 Å². The first kappa shape index (κ1) is 21.3. The summed E-state index contributed by atoms with van der Waals surface area (Å²) in [5.41, 5.74) is 2.41. The quantitative estimate of drug-likeness (QED) is 0.416. The molecule has 5 rings (SSSR count). The van der Waals surface area contributed by atoms with Gasteiger partial charge in [-0.25, -0.2) is 0 Å². The van der Waals surface area contributed by atoms with Crippen LogP contribution in [-0.2, 0) is 0 Å². The van der Waals surface area contributed by atoms with Gasteiger partial charge in [0.05, 0.1) is 0 Å². The summed E-state index contributed by atoms with van der Waals surface area (Å²) in [5, 5.41) is 0. The third kappa shape index (κ3) is 4.60. The molecule has 1 saturated carbocycles. The second kappa shape index (κ2) is 9.90. The smallest absolute Gasteiger partial charge is 0.0310 e. The summed E-state index contributed by atoms with van der Waals surface area (Å²) in [6, 6.07) is 0.777. The van der Waals surface area contributed by atoms with Crippen LogP contribution < -0.4 is 0 Å². The van der Waals surface area contributed by atoms with E-state index in [1.54, 1.807) is 0 Å². The third-order valence-electron chi connectivity index (χ3n) is 9.40. The summed E-state index contributed by atoms with van der Waals surface area (Å²) in [6.45, 7) is 6.93. The van der Waals surface area contributed by atoms with Gasteiger partial charge in [-0.3, -0.25) is 4.90 Å². The molecule has 0 aromatic heterocycles. The molecule has 0 aromatic rings. The molecule has 0 aromatic carbocycles. The summed E-state index contributed by atoms with van der Waals surface area (Å²) in [5.74, 6) is 1.93. The zero-order chi connectivity index (χ0) is 20.2. The van der Waals surface area contributed by atoms with Crippen molar-refractivity contribution in [3.05, 3.63) is 23.8 Å². The van der Waals surface area contributed by atoms with E-state index in [9.17, 15) is 0 Å². The zero-order valence-electron chi connectivity index (χ0n) is 19.5. The van der Waals surface area contributed by atoms with Crippen LogP contribution in [0.5, 0.6) is 0 Å². The van der Waals surface area contributed by atoms with Crippen molar-refractivity contribution in [2.24, 2.45) is 17.3 Å². The van der Waals surface area contributed by atoms with Gasteiger partial charge in [-0.05, 0) is 81.7 Å². The molecule has 1 aliphatic carbocycles. The number of rotatable bonds is 0. The summed E-state index contributed by atoms with van der Waals surface area (Å²) >= 11 is 0. The Bertz CT molecular complexity index is 622. The molecule has 4 fully saturated rings. The van der Waals surface area contributed by atoms with E-state index in [-0.39, 0.29) is 0 Å². The van der Waals surface area contributed by atoms with Crippen LogP contribution in [0.3, 0.4) is 0 Å². The van der Waals surface area contributed by atoms with Gasteiger partial charge in [-0.1, -0.05) is 68.7 Å². The number of hydrogen-bond acceptors (Lipinski definition) is 2. The summed E-state index contributed by atoms with van der Waals surface area (Å²) in [4.78, 5) is 5.93. The molecule has 4 aliphatic heterocycles. The van der Waals surface area contributed by atoms with Gasteiger partial charge < -0.3 is 4.90 Å². The number of hydrogen-bond donors (Lipinski definition) is 0. The van der Waals surface area contributed by atoms with Crippen molar-refractivity contribution in [2.75, 3.05) is 32.7 Å². The van der Waals surface area contributed by atoms with Gasteiger partial charge in [0, 0.05) is 25.7 Å². The molecule has 0 radical (unpaired) electrons. The predicted octanol–water partition coefficient (Wildman–Crippen LogP) is 6.58. The molecule has 1 spiro atoms. The van der Waals surface area contributed by atoms with Crippen LogP contribution in [0.1, 0.15) is 96.3 Å². The lowest BCUT2D eigenvalue weighted by Crippen LogP contribution is -2.66. The van der Waals surface area contributed by atoms with Crippen molar-refractivity contribution >= 4 is 0 Å². The van der Waals surface area contributed by atoms with Crippen LogP contribution >= 0.6 is 0 Å². The molecule has 2 heteroatoms. The molecular weight excluding hydrogens is 364 g/mol. The lowest BCUT2D eigenvalue weighted by Gasteiger charge is -2.62. The molecule has 4 bridgehead atoms. The van der Waals surface area contributed by atoms with Crippen LogP contribution in [0.25, 0.3) is 0 Å². The number of nitrogens with zero attached hydrogens (tertiary/aromatic N) is 2. The molecule has 3 saturated heterocycles. The topological polar surface area (TPSA) is 6.48 Å². The van der Waals surface area contributed by atoms with Crippen molar-refractivity contribution < 1.29 is 0 Å². The molecule has 30 heavy (non-hydrogen) atoms. The SMILES string of the molecule is C1=C/CCCCN2C[C@]34CCCCCCCCCCN(C[C@H]5C/C(=C\C/1)[C@@H]2C[C@H]53)C4. The molecule has 5 atom stereocenters. The van der Waals surface area contributed by atoms with Crippen molar-refractivity contribution in [3.63, 3.8) is 0 Å². The van der Waals surface area contributed by atoms with Gasteiger partial charge >= 0.3 is 0 Å². The Kier molecular flexibility index (Phi) is 7.02. The molecule has 2 nitrogen and oxygen atoms in total. The van der Waals surface area contributed by atoms with E-state index in [1.807, 2.05) is 5.57 Å². The van der Waals surface area contributed by atoms with Crippen molar-refractivity contribution in [2.45, 2.75) is 102 Å². The van der Waals surface area contributed by atoms with E-state index < -0.39 is 0 Å². The highest BCUT2D eigenvalue weighted by atomic mass is 15.2. The fraction of sp³-hybridized carbons (Fsp3) is 0.857. The van der Waals surface area contributed by atoms with E-state index in [0.717, 1.165) is 17.9 Å². The molecular formula is C28H46N2. The van der Waals surface area contributed by atoms with Gasteiger partial charge in [0.15, 0.2) is 0 Å². The highest BCUT2D eigenvalue weighted by molar-refractivity contribution is 5.23. The standard InChI is InChI=1S/C28H46N2/c1-2-5-9-13-17-29-21-25-19-24-15-11-7-3-6-10-14-18-30-23-28(22-29,16-12-8-4-1)26(25)20-27(24)30/h3,7,15,25-27H,1-2,4-6,8-14,16-23H2/b7-3+,24-15+/t25-,26-,27+,28-/m1/s1. The molecule has 4 heterocycles. The minimum absolute atomic E-state index is 0.595. The van der Waals surface area contributed by atoms with Gasteiger partial charge in [-0.2, -0.15) is 0 Å². The zero-order valence-corrected chi connectivity index (χ0v) is 19.5. The van der Waals surface area contributed by atoms with Gasteiger partial charge in [0.25, 0.3) is 0 Å². The second-order valence-corrected chi connectivity index (χ2v) is 11.5. The fourth-order valence-corrected chi connectivity index (χ4v) is 7.98. The number of fused-ring (bicyclic) bond motifs is 1. The maximum atomic E-state index is 2.99. The molecule has 168 valence electrons. The summed E-state index contributed by atoms with van der Waals surface area (Å²) in [7, 11) is 0. The maximum Gasteiger partial charge on any atom is 0.0310 e. The summed E-state index contributed by atoms with van der Waals surface area (Å²) < 4.78 is 0. The first-order valence-electron chi connectivity index (χ1n) is 13.6. The Labute approximate surface area is 186 Å². The molecule has 5 aliphatic rings. The van der Waals surface area contributed by atoms with Gasteiger partial charge in [0.1, 0.15) is 0 Å². The van der Waals surface area contributed by atoms with E-state index >= 15 is 0 Å². The van der Waals surface area contributed by atoms with Crippen LogP contribution in [0, 0.1) is 17.3 Å². The van der Waals surface area contributed by atoms with Crippen molar-refractivity contribution in [1.82, 2.24) is 9.80 Å². The lowest BCUT2D eigenvalue weighted by molar-refractivity contribution is -0.109. The van der Waals surface area contributed by atoms with E-state index in [0.29, 0.717) is 5.41 Å². The molecule has 0 N–H and O–H groups in total. The monoisotopic (exact) mass is 410 g/mol. The highest BCUT2D eigenvalue weighted by Crippen LogP contribution is 2.55. The highest BCUT2D eigenvalue weighted by Gasteiger charge is 2.55. The first-order chi connectivity index (χ1) is 14.8. The van der Waals surface area contributed by atoms with Crippen LogP contribution in [0.15, 0.2) is 23.8 Å². The average molecular weight is 411 g/mol. The summed E-state index contributed by atoms with van der Waals surface area (Å²) in [6.07, 6.45) is 28.9. The van der Waals surface area contributed by atoms with Crippen LogP contribution in [0.4, 0.5) is 0 Å². The average Bonchev–Trinajstić information content (AvgIpc) is 2.78.